The molecule has 0 aliphatic carbocycles. The fourth-order valence-electron chi connectivity index (χ4n) is 2.35. The molecule has 1 aromatic heterocycles. The van der Waals surface area contributed by atoms with Gasteiger partial charge in [0.05, 0.1) is 12.4 Å². The van der Waals surface area contributed by atoms with Gasteiger partial charge in [0.1, 0.15) is 11.9 Å². The van der Waals surface area contributed by atoms with Crippen LogP contribution in [-0.4, -0.2) is 23.6 Å². The first-order chi connectivity index (χ1) is 9.92. The van der Waals surface area contributed by atoms with Crippen molar-refractivity contribution in [1.82, 2.24) is 9.97 Å². The van der Waals surface area contributed by atoms with Gasteiger partial charge in [-0.1, -0.05) is 43.7 Å². The molecular formula is C17H20N4. The van der Waals surface area contributed by atoms with Crippen molar-refractivity contribution in [3.05, 3.63) is 53.5 Å². The van der Waals surface area contributed by atoms with Gasteiger partial charge in [0, 0.05) is 19.0 Å². The van der Waals surface area contributed by atoms with Gasteiger partial charge in [-0.3, -0.25) is 0 Å². The van der Waals surface area contributed by atoms with Crippen molar-refractivity contribution in [3.63, 3.8) is 0 Å². The number of anilines is 1. The maximum Gasteiger partial charge on any atom is 0.158 e. The number of aryl methyl sites for hydroxylation is 1. The van der Waals surface area contributed by atoms with E-state index < -0.39 is 0 Å². The summed E-state index contributed by atoms with van der Waals surface area (Å²) in [6.07, 6.45) is 3.15. The maximum atomic E-state index is 8.76. The number of nitrogens with zero attached hydrogens (tertiary/aromatic N) is 4. The van der Waals surface area contributed by atoms with Crippen LogP contribution in [0.2, 0.25) is 0 Å². The molecule has 1 heterocycles. The van der Waals surface area contributed by atoms with E-state index in [1.165, 1.54) is 17.3 Å². The Balaban J connectivity index is 2.15. The SMILES string of the molecule is Cc1ccc(C(C)(C)CN(C)c2cnc(C#N)cn2)cc1. The lowest BCUT2D eigenvalue weighted by Crippen LogP contribution is -2.35. The third-order valence-corrected chi connectivity index (χ3v) is 3.61. The zero-order valence-electron chi connectivity index (χ0n) is 13.0. The number of rotatable bonds is 4. The van der Waals surface area contributed by atoms with Crippen LogP contribution >= 0.6 is 0 Å². The Kier molecular flexibility index (Phi) is 4.23. The topological polar surface area (TPSA) is 52.8 Å². The number of hydrogen-bond donors (Lipinski definition) is 0. The summed E-state index contributed by atoms with van der Waals surface area (Å²) in [5.41, 5.74) is 2.89. The van der Waals surface area contributed by atoms with Crippen molar-refractivity contribution in [3.8, 4) is 6.07 Å². The molecule has 0 spiro atoms. The second kappa shape index (κ2) is 5.92. The first kappa shape index (κ1) is 15.0. The highest BCUT2D eigenvalue weighted by atomic mass is 15.2. The molecule has 2 rings (SSSR count). The van der Waals surface area contributed by atoms with Crippen LogP contribution < -0.4 is 4.90 Å². The van der Waals surface area contributed by atoms with Crippen LogP contribution in [0, 0.1) is 18.3 Å². The van der Waals surface area contributed by atoms with Gasteiger partial charge in [-0.15, -0.1) is 0 Å². The Morgan fingerprint density at radius 1 is 1.14 bits per heavy atom. The van der Waals surface area contributed by atoms with Gasteiger partial charge >= 0.3 is 0 Å². The predicted molar refractivity (Wildman–Crippen MR) is 84.2 cm³/mol. The van der Waals surface area contributed by atoms with E-state index >= 15 is 0 Å². The van der Waals surface area contributed by atoms with Gasteiger partial charge in [0.15, 0.2) is 5.69 Å². The van der Waals surface area contributed by atoms with Crippen molar-refractivity contribution in [2.75, 3.05) is 18.5 Å². The minimum atomic E-state index is -0.00195. The molecule has 0 atom stereocenters. The summed E-state index contributed by atoms with van der Waals surface area (Å²) in [6, 6.07) is 10.6. The first-order valence-corrected chi connectivity index (χ1v) is 6.93. The largest absolute Gasteiger partial charge is 0.358 e. The smallest absolute Gasteiger partial charge is 0.158 e. The van der Waals surface area contributed by atoms with Crippen molar-refractivity contribution in [2.45, 2.75) is 26.2 Å². The molecule has 0 radical (unpaired) electrons. The van der Waals surface area contributed by atoms with Crippen molar-refractivity contribution >= 4 is 5.82 Å². The van der Waals surface area contributed by atoms with Crippen molar-refractivity contribution in [1.29, 1.82) is 5.26 Å². The van der Waals surface area contributed by atoms with Crippen LogP contribution in [0.4, 0.5) is 5.82 Å². The average Bonchev–Trinajstić information content (AvgIpc) is 2.47. The van der Waals surface area contributed by atoms with Crippen LogP contribution in [-0.2, 0) is 5.41 Å². The standard InChI is InChI=1S/C17H20N4/c1-13-5-7-14(8-6-13)17(2,3)12-21(4)16-11-19-15(9-18)10-20-16/h5-8,10-11H,12H2,1-4H3. The fourth-order valence-corrected chi connectivity index (χ4v) is 2.35. The van der Waals surface area contributed by atoms with E-state index in [1.807, 2.05) is 13.1 Å². The highest BCUT2D eigenvalue weighted by Crippen LogP contribution is 2.25. The molecule has 0 N–H and O–H groups in total. The van der Waals surface area contributed by atoms with Gasteiger partial charge in [-0.05, 0) is 12.5 Å². The molecule has 0 fully saturated rings. The molecule has 4 heteroatoms. The molecule has 0 saturated carbocycles. The molecule has 21 heavy (non-hydrogen) atoms. The number of nitriles is 1. The lowest BCUT2D eigenvalue weighted by atomic mass is 9.84. The average molecular weight is 280 g/mol. The summed E-state index contributed by atoms with van der Waals surface area (Å²) >= 11 is 0. The molecule has 108 valence electrons. The normalized spacial score (nSPS) is 11.0. The van der Waals surface area contributed by atoms with Gasteiger partial charge < -0.3 is 4.90 Å². The summed E-state index contributed by atoms with van der Waals surface area (Å²) in [4.78, 5) is 10.4. The highest BCUT2D eigenvalue weighted by molar-refractivity contribution is 5.38. The molecule has 4 nitrogen and oxygen atoms in total. The summed E-state index contributed by atoms with van der Waals surface area (Å²) < 4.78 is 0. The van der Waals surface area contributed by atoms with E-state index in [2.05, 4.69) is 59.9 Å². The molecule has 0 amide bonds. The third kappa shape index (κ3) is 3.57. The summed E-state index contributed by atoms with van der Waals surface area (Å²) in [7, 11) is 1.99. The van der Waals surface area contributed by atoms with Crippen LogP contribution in [0.25, 0.3) is 0 Å². The highest BCUT2D eigenvalue weighted by Gasteiger charge is 2.23. The minimum absolute atomic E-state index is 0.00195. The van der Waals surface area contributed by atoms with Crippen molar-refractivity contribution < 1.29 is 0 Å². The molecule has 0 saturated heterocycles. The summed E-state index contributed by atoms with van der Waals surface area (Å²) in [5.74, 6) is 0.772. The molecule has 0 bridgehead atoms. The number of hydrogen-bond acceptors (Lipinski definition) is 4. The maximum absolute atomic E-state index is 8.76. The van der Waals surface area contributed by atoms with Gasteiger partial charge in [-0.2, -0.15) is 5.26 Å². The molecular weight excluding hydrogens is 260 g/mol. The van der Waals surface area contributed by atoms with Crippen LogP contribution in [0.3, 0.4) is 0 Å². The molecule has 0 unspecified atom stereocenters. The van der Waals surface area contributed by atoms with E-state index in [0.29, 0.717) is 5.69 Å². The van der Waals surface area contributed by atoms with Gasteiger partial charge in [0.2, 0.25) is 0 Å². The van der Waals surface area contributed by atoms with Crippen molar-refractivity contribution in [2.24, 2.45) is 0 Å². The summed E-state index contributed by atoms with van der Waals surface area (Å²) in [5, 5.41) is 8.76. The molecule has 0 aliphatic rings. The van der Waals surface area contributed by atoms with Crippen LogP contribution in [0.15, 0.2) is 36.7 Å². The monoisotopic (exact) mass is 280 g/mol. The zero-order chi connectivity index (χ0) is 15.5. The predicted octanol–water partition coefficient (Wildman–Crippen LogP) is 3.07. The quantitative estimate of drug-likeness (QED) is 0.863. The second-order valence-electron chi connectivity index (χ2n) is 5.98. The molecule has 1 aromatic carbocycles. The number of benzene rings is 1. The van der Waals surface area contributed by atoms with Gasteiger partial charge in [0.25, 0.3) is 0 Å². The third-order valence-electron chi connectivity index (χ3n) is 3.61. The van der Waals surface area contributed by atoms with E-state index in [4.69, 9.17) is 5.26 Å². The fraction of sp³-hybridized carbons (Fsp3) is 0.353. The van der Waals surface area contributed by atoms with E-state index in [-0.39, 0.29) is 5.41 Å². The number of likely N-dealkylation sites (N-methyl/N-ethyl adjacent to an activating group) is 1. The lowest BCUT2D eigenvalue weighted by molar-refractivity contribution is 0.522. The Bertz CT molecular complexity index is 636. The second-order valence-corrected chi connectivity index (χ2v) is 5.98. The first-order valence-electron chi connectivity index (χ1n) is 6.93. The van der Waals surface area contributed by atoms with E-state index in [1.54, 1.807) is 6.20 Å². The lowest BCUT2D eigenvalue weighted by Gasteiger charge is -2.31. The Morgan fingerprint density at radius 3 is 2.33 bits per heavy atom. The summed E-state index contributed by atoms with van der Waals surface area (Å²) in [6.45, 7) is 7.34. The van der Waals surface area contributed by atoms with E-state index in [9.17, 15) is 0 Å². The number of aromatic nitrogens is 2. The van der Waals surface area contributed by atoms with Crippen LogP contribution in [0.1, 0.15) is 30.7 Å². The van der Waals surface area contributed by atoms with Crippen LogP contribution in [0.5, 0.6) is 0 Å². The van der Waals surface area contributed by atoms with E-state index in [0.717, 1.165) is 12.4 Å². The Morgan fingerprint density at radius 2 is 1.81 bits per heavy atom. The zero-order valence-corrected chi connectivity index (χ0v) is 13.0. The van der Waals surface area contributed by atoms with Gasteiger partial charge in [-0.25, -0.2) is 9.97 Å². The Labute approximate surface area is 126 Å². The molecule has 0 aliphatic heterocycles. The molecule has 2 aromatic rings. The minimum Gasteiger partial charge on any atom is -0.358 e. The Hall–Kier alpha value is -2.41.